The van der Waals surface area contributed by atoms with E-state index < -0.39 is 5.97 Å². The number of rotatable bonds is 3. The van der Waals surface area contributed by atoms with Crippen molar-refractivity contribution >= 4 is 17.0 Å². The summed E-state index contributed by atoms with van der Waals surface area (Å²) in [5.41, 5.74) is 0.744. The minimum Gasteiger partial charge on any atom is -0.489 e. The molecule has 6 heteroatoms. The number of aromatic nitrogens is 3. The molecule has 1 aliphatic carbocycles. The fourth-order valence-electron chi connectivity index (χ4n) is 2.87. The van der Waals surface area contributed by atoms with Gasteiger partial charge in [-0.05, 0) is 31.6 Å². The molecule has 21 heavy (non-hydrogen) atoms. The maximum atomic E-state index is 11.4. The summed E-state index contributed by atoms with van der Waals surface area (Å²) >= 11 is 0. The lowest BCUT2D eigenvalue weighted by molar-refractivity contribution is 0.0684. The van der Waals surface area contributed by atoms with Crippen LogP contribution >= 0.6 is 0 Å². The number of hydrogen-bond donors (Lipinski definition) is 1. The van der Waals surface area contributed by atoms with Crippen LogP contribution in [-0.2, 0) is 7.05 Å². The van der Waals surface area contributed by atoms with Gasteiger partial charge in [0.25, 0.3) is 0 Å². The molecule has 1 saturated carbocycles. The third-order valence-electron chi connectivity index (χ3n) is 4.19. The first-order valence-corrected chi connectivity index (χ1v) is 7.27. The van der Waals surface area contributed by atoms with Crippen molar-refractivity contribution in [2.75, 3.05) is 0 Å². The molecular formula is C15H19N3O3. The third-order valence-corrected chi connectivity index (χ3v) is 4.19. The predicted molar refractivity (Wildman–Crippen MR) is 77.5 cm³/mol. The Labute approximate surface area is 122 Å². The minimum absolute atomic E-state index is 0.0742. The Hall–Kier alpha value is -2.11. The van der Waals surface area contributed by atoms with E-state index in [-0.39, 0.29) is 11.7 Å². The normalized spacial score (nSPS) is 22.4. The summed E-state index contributed by atoms with van der Waals surface area (Å²) in [5, 5.41) is 14.2. The van der Waals surface area contributed by atoms with Crippen molar-refractivity contribution in [1.82, 2.24) is 14.8 Å². The zero-order valence-electron chi connectivity index (χ0n) is 12.2. The Morgan fingerprint density at radius 2 is 2.05 bits per heavy atom. The predicted octanol–water partition coefficient (Wildman–Crippen LogP) is 2.62. The Morgan fingerprint density at radius 1 is 1.33 bits per heavy atom. The van der Waals surface area contributed by atoms with E-state index in [1.165, 1.54) is 6.20 Å². The summed E-state index contributed by atoms with van der Waals surface area (Å²) in [6.45, 7) is 2.24. The second-order valence-corrected chi connectivity index (χ2v) is 5.81. The molecule has 0 radical (unpaired) electrons. The molecular weight excluding hydrogens is 270 g/mol. The third kappa shape index (κ3) is 2.57. The van der Waals surface area contributed by atoms with Gasteiger partial charge in [0.15, 0.2) is 5.65 Å². The lowest BCUT2D eigenvalue weighted by atomic mass is 9.89. The summed E-state index contributed by atoms with van der Waals surface area (Å²) in [4.78, 5) is 15.6. The van der Waals surface area contributed by atoms with Crippen molar-refractivity contribution in [3.05, 3.63) is 18.0 Å². The smallest absolute Gasteiger partial charge is 0.341 e. The van der Waals surface area contributed by atoms with E-state index in [0.717, 1.165) is 31.6 Å². The second-order valence-electron chi connectivity index (χ2n) is 5.81. The van der Waals surface area contributed by atoms with Gasteiger partial charge in [0.2, 0.25) is 0 Å². The van der Waals surface area contributed by atoms with Gasteiger partial charge in [0.05, 0.1) is 17.7 Å². The van der Waals surface area contributed by atoms with Crippen molar-refractivity contribution < 1.29 is 14.6 Å². The van der Waals surface area contributed by atoms with Crippen molar-refractivity contribution in [2.24, 2.45) is 13.0 Å². The first-order valence-electron chi connectivity index (χ1n) is 7.27. The molecule has 1 fully saturated rings. The Bertz CT molecular complexity index is 672. The highest BCUT2D eigenvalue weighted by Gasteiger charge is 2.24. The number of ether oxygens (including phenoxy) is 1. The summed E-state index contributed by atoms with van der Waals surface area (Å²) in [7, 11) is 1.78. The van der Waals surface area contributed by atoms with Gasteiger partial charge >= 0.3 is 5.97 Å². The van der Waals surface area contributed by atoms with E-state index in [1.54, 1.807) is 17.9 Å². The molecule has 1 aliphatic rings. The molecule has 0 amide bonds. The van der Waals surface area contributed by atoms with E-state index in [0.29, 0.717) is 16.8 Å². The van der Waals surface area contributed by atoms with Crippen LogP contribution in [-0.4, -0.2) is 31.9 Å². The SMILES string of the molecule is CC1CCC(Oc2c(C(=O)O)cnc3c2cnn3C)CC1. The van der Waals surface area contributed by atoms with Gasteiger partial charge in [-0.3, -0.25) is 4.68 Å². The van der Waals surface area contributed by atoms with Crippen LogP contribution in [0, 0.1) is 5.92 Å². The lowest BCUT2D eigenvalue weighted by Crippen LogP contribution is -2.24. The molecule has 0 saturated heterocycles. The zero-order valence-corrected chi connectivity index (χ0v) is 12.2. The maximum absolute atomic E-state index is 11.4. The minimum atomic E-state index is -1.02. The largest absolute Gasteiger partial charge is 0.489 e. The van der Waals surface area contributed by atoms with Crippen LogP contribution in [0.3, 0.4) is 0 Å². The van der Waals surface area contributed by atoms with Gasteiger partial charge in [-0.25, -0.2) is 9.78 Å². The Morgan fingerprint density at radius 3 is 2.71 bits per heavy atom. The molecule has 0 unspecified atom stereocenters. The monoisotopic (exact) mass is 289 g/mol. The van der Waals surface area contributed by atoms with Gasteiger partial charge in [-0.15, -0.1) is 0 Å². The molecule has 2 aromatic heterocycles. The summed E-state index contributed by atoms with van der Waals surface area (Å²) in [6.07, 6.45) is 7.21. The molecule has 0 aromatic carbocycles. The van der Waals surface area contributed by atoms with E-state index in [4.69, 9.17) is 4.74 Å². The summed E-state index contributed by atoms with van der Waals surface area (Å²) in [5.74, 6) is 0.104. The molecule has 0 atom stereocenters. The molecule has 0 bridgehead atoms. The Balaban J connectivity index is 1.98. The fourth-order valence-corrected chi connectivity index (χ4v) is 2.87. The number of carboxylic acid groups (broad SMARTS) is 1. The van der Waals surface area contributed by atoms with Crippen molar-refractivity contribution in [3.63, 3.8) is 0 Å². The van der Waals surface area contributed by atoms with Crippen molar-refractivity contribution in [1.29, 1.82) is 0 Å². The molecule has 1 N–H and O–H groups in total. The number of aryl methyl sites for hydroxylation is 1. The number of carbonyl (C=O) groups is 1. The molecule has 2 aromatic rings. The van der Waals surface area contributed by atoms with Crippen LogP contribution < -0.4 is 4.74 Å². The summed E-state index contributed by atoms with van der Waals surface area (Å²) in [6, 6.07) is 0. The van der Waals surface area contributed by atoms with Crippen LogP contribution in [0.1, 0.15) is 43.0 Å². The van der Waals surface area contributed by atoms with Gasteiger partial charge in [0.1, 0.15) is 11.3 Å². The quantitative estimate of drug-likeness (QED) is 0.939. The number of aromatic carboxylic acids is 1. The number of nitrogens with zero attached hydrogens (tertiary/aromatic N) is 3. The zero-order chi connectivity index (χ0) is 15.0. The van der Waals surface area contributed by atoms with Crippen molar-refractivity contribution in [2.45, 2.75) is 38.7 Å². The number of fused-ring (bicyclic) bond motifs is 1. The fraction of sp³-hybridized carbons (Fsp3) is 0.533. The highest BCUT2D eigenvalue weighted by Crippen LogP contribution is 2.33. The first kappa shape index (κ1) is 13.9. The Kier molecular flexibility index (Phi) is 3.53. The van der Waals surface area contributed by atoms with Gasteiger partial charge in [0, 0.05) is 13.2 Å². The standard InChI is InChI=1S/C15H19N3O3/c1-9-3-5-10(6-4-9)21-13-11-8-17-18(2)14(11)16-7-12(13)15(19)20/h7-10H,3-6H2,1-2H3,(H,19,20). The van der Waals surface area contributed by atoms with E-state index >= 15 is 0 Å². The van der Waals surface area contributed by atoms with Crippen LogP contribution in [0.25, 0.3) is 11.0 Å². The van der Waals surface area contributed by atoms with Crippen LogP contribution in [0.4, 0.5) is 0 Å². The highest BCUT2D eigenvalue weighted by atomic mass is 16.5. The highest BCUT2D eigenvalue weighted by molar-refractivity contribution is 5.97. The molecule has 0 spiro atoms. The number of hydrogen-bond acceptors (Lipinski definition) is 4. The van der Waals surface area contributed by atoms with Crippen LogP contribution in [0.2, 0.25) is 0 Å². The van der Waals surface area contributed by atoms with Crippen LogP contribution in [0.15, 0.2) is 12.4 Å². The topological polar surface area (TPSA) is 77.2 Å². The second kappa shape index (κ2) is 5.35. The molecule has 2 heterocycles. The molecule has 0 aliphatic heterocycles. The van der Waals surface area contributed by atoms with Crippen molar-refractivity contribution in [3.8, 4) is 5.75 Å². The average Bonchev–Trinajstić information content (AvgIpc) is 2.83. The van der Waals surface area contributed by atoms with E-state index in [1.807, 2.05) is 0 Å². The van der Waals surface area contributed by atoms with Gasteiger partial charge in [-0.1, -0.05) is 6.92 Å². The average molecular weight is 289 g/mol. The van der Waals surface area contributed by atoms with Gasteiger partial charge in [-0.2, -0.15) is 5.10 Å². The number of carboxylic acids is 1. The first-order chi connectivity index (χ1) is 10.1. The molecule has 112 valence electrons. The lowest BCUT2D eigenvalue weighted by Gasteiger charge is -2.27. The molecule has 3 rings (SSSR count). The maximum Gasteiger partial charge on any atom is 0.341 e. The van der Waals surface area contributed by atoms with Crippen LogP contribution in [0.5, 0.6) is 5.75 Å². The van der Waals surface area contributed by atoms with E-state index in [2.05, 4.69) is 17.0 Å². The summed E-state index contributed by atoms with van der Waals surface area (Å²) < 4.78 is 7.67. The number of pyridine rings is 1. The van der Waals surface area contributed by atoms with Gasteiger partial charge < -0.3 is 9.84 Å². The van der Waals surface area contributed by atoms with E-state index in [9.17, 15) is 9.90 Å². The molecule has 6 nitrogen and oxygen atoms in total.